The van der Waals surface area contributed by atoms with E-state index in [1.165, 1.54) is 67.1 Å². The SMILES string of the molecule is Cc1ccc(-[n+]2c3c(c(-c4ccccc4)c4c2-c2ccccc2CC4)CCc2ccccc2-3)cc1.F[B-](F)(F)F. The Morgan fingerprint density at radius 1 is 0.550 bits per heavy atom. The van der Waals surface area contributed by atoms with E-state index in [0.717, 1.165) is 25.7 Å². The van der Waals surface area contributed by atoms with Crippen molar-refractivity contribution in [1.29, 1.82) is 0 Å². The Balaban J connectivity index is 0.000000534. The van der Waals surface area contributed by atoms with Crippen molar-refractivity contribution in [2.75, 3.05) is 0 Å². The van der Waals surface area contributed by atoms with Crippen LogP contribution in [0.3, 0.4) is 0 Å². The second-order valence-electron chi connectivity index (χ2n) is 10.4. The molecule has 0 fully saturated rings. The number of pyridine rings is 1. The van der Waals surface area contributed by atoms with Crippen LogP contribution in [0.15, 0.2) is 103 Å². The maximum absolute atomic E-state index is 9.75. The van der Waals surface area contributed by atoms with Gasteiger partial charge < -0.3 is 17.3 Å². The van der Waals surface area contributed by atoms with Crippen LogP contribution in [-0.2, 0) is 25.7 Å². The van der Waals surface area contributed by atoms with Gasteiger partial charge in [0.15, 0.2) is 0 Å². The van der Waals surface area contributed by atoms with Crippen LogP contribution in [0.25, 0.3) is 39.3 Å². The fourth-order valence-electron chi connectivity index (χ4n) is 6.22. The number of fused-ring (bicyclic) bond motifs is 6. The minimum absolute atomic E-state index is 1.07. The zero-order valence-electron chi connectivity index (χ0n) is 22.2. The van der Waals surface area contributed by atoms with Gasteiger partial charge >= 0.3 is 7.25 Å². The van der Waals surface area contributed by atoms with Crippen LogP contribution in [0.5, 0.6) is 0 Å². The third kappa shape index (κ3) is 4.94. The Morgan fingerprint density at radius 2 is 1.00 bits per heavy atom. The third-order valence-electron chi connectivity index (χ3n) is 7.81. The molecule has 0 radical (unpaired) electrons. The quantitative estimate of drug-likeness (QED) is 0.120. The molecule has 4 aromatic carbocycles. The second-order valence-corrected chi connectivity index (χ2v) is 10.4. The molecule has 0 amide bonds. The fraction of sp³-hybridized carbons (Fsp3) is 0.147. The van der Waals surface area contributed by atoms with Gasteiger partial charge in [-0.1, -0.05) is 84.4 Å². The molecule has 0 aliphatic heterocycles. The number of aromatic nitrogens is 1. The highest BCUT2D eigenvalue weighted by Gasteiger charge is 2.38. The first-order valence-electron chi connectivity index (χ1n) is 13.6. The third-order valence-corrected chi connectivity index (χ3v) is 7.81. The van der Waals surface area contributed by atoms with Crippen LogP contribution >= 0.6 is 0 Å². The Labute approximate surface area is 231 Å². The van der Waals surface area contributed by atoms with Crippen molar-refractivity contribution in [3.63, 3.8) is 0 Å². The summed E-state index contributed by atoms with van der Waals surface area (Å²) < 4.78 is 41.6. The summed E-state index contributed by atoms with van der Waals surface area (Å²) in [7, 11) is -6.00. The van der Waals surface area contributed by atoms with Crippen LogP contribution in [0, 0.1) is 6.92 Å². The molecular formula is C34H28BF4N. The number of halogens is 4. The van der Waals surface area contributed by atoms with E-state index in [9.17, 15) is 17.3 Å². The predicted octanol–water partition coefficient (Wildman–Crippen LogP) is 8.77. The minimum Gasteiger partial charge on any atom is -0.418 e. The van der Waals surface area contributed by atoms with Gasteiger partial charge in [-0.2, -0.15) is 4.57 Å². The number of hydrogen-bond acceptors (Lipinski definition) is 0. The van der Waals surface area contributed by atoms with E-state index in [4.69, 9.17) is 0 Å². The van der Waals surface area contributed by atoms with Crippen molar-refractivity contribution >= 4 is 7.25 Å². The lowest BCUT2D eigenvalue weighted by Gasteiger charge is -2.28. The van der Waals surface area contributed by atoms with Gasteiger partial charge in [0.1, 0.15) is 0 Å². The van der Waals surface area contributed by atoms with Gasteiger partial charge in [-0.3, -0.25) is 0 Å². The van der Waals surface area contributed by atoms with E-state index < -0.39 is 7.25 Å². The van der Waals surface area contributed by atoms with E-state index in [1.54, 1.807) is 0 Å². The highest BCUT2D eigenvalue weighted by atomic mass is 19.5. The Morgan fingerprint density at radius 3 is 1.50 bits per heavy atom. The molecule has 1 nitrogen and oxygen atoms in total. The van der Waals surface area contributed by atoms with Crippen LogP contribution in [0.1, 0.15) is 27.8 Å². The molecule has 0 saturated carbocycles. The fourth-order valence-corrected chi connectivity index (χ4v) is 6.22. The van der Waals surface area contributed by atoms with E-state index >= 15 is 0 Å². The van der Waals surface area contributed by atoms with Crippen molar-refractivity contribution < 1.29 is 21.8 Å². The molecule has 2 aliphatic rings. The molecule has 0 spiro atoms. The summed E-state index contributed by atoms with van der Waals surface area (Å²) in [6.07, 6.45) is 4.31. The molecule has 1 aromatic heterocycles. The first-order chi connectivity index (χ1) is 19.3. The van der Waals surface area contributed by atoms with E-state index in [0.29, 0.717) is 0 Å². The molecule has 0 saturated heterocycles. The maximum atomic E-state index is 9.75. The smallest absolute Gasteiger partial charge is 0.418 e. The summed E-state index contributed by atoms with van der Waals surface area (Å²) >= 11 is 0. The Hall–Kier alpha value is -4.19. The maximum Gasteiger partial charge on any atom is 0.673 e. The highest BCUT2D eigenvalue weighted by Crippen LogP contribution is 2.45. The molecule has 200 valence electrons. The van der Waals surface area contributed by atoms with E-state index in [1.807, 2.05) is 0 Å². The summed E-state index contributed by atoms with van der Waals surface area (Å²) in [5.74, 6) is 0. The molecule has 2 aliphatic carbocycles. The number of benzene rings is 4. The first kappa shape index (κ1) is 26.1. The van der Waals surface area contributed by atoms with Gasteiger partial charge in [0.25, 0.3) is 0 Å². The normalized spacial score (nSPS) is 13.2. The van der Waals surface area contributed by atoms with E-state index in [2.05, 4.69) is 115 Å². The van der Waals surface area contributed by atoms with Crippen LogP contribution in [0.2, 0.25) is 0 Å². The summed E-state index contributed by atoms with van der Waals surface area (Å²) in [6, 6.07) is 38.2. The van der Waals surface area contributed by atoms with Crippen molar-refractivity contribution in [3.05, 3.63) is 131 Å². The Bertz CT molecular complexity index is 1610. The average molecular weight is 537 g/mol. The van der Waals surface area contributed by atoms with Gasteiger partial charge in [-0.25, -0.2) is 0 Å². The largest absolute Gasteiger partial charge is 0.673 e. The summed E-state index contributed by atoms with van der Waals surface area (Å²) in [4.78, 5) is 0. The second kappa shape index (κ2) is 10.4. The van der Waals surface area contributed by atoms with E-state index in [-0.39, 0.29) is 0 Å². The average Bonchev–Trinajstić information content (AvgIpc) is 2.96. The number of nitrogens with zero attached hydrogens (tertiary/aromatic N) is 1. The molecule has 7 rings (SSSR count). The van der Waals surface area contributed by atoms with Crippen molar-refractivity contribution in [1.82, 2.24) is 0 Å². The first-order valence-corrected chi connectivity index (χ1v) is 13.6. The molecule has 5 aromatic rings. The van der Waals surface area contributed by atoms with Gasteiger partial charge in [0.05, 0.1) is 11.1 Å². The van der Waals surface area contributed by atoms with Crippen LogP contribution in [0.4, 0.5) is 17.3 Å². The zero-order valence-corrected chi connectivity index (χ0v) is 22.2. The summed E-state index contributed by atoms with van der Waals surface area (Å²) in [5, 5.41) is 0. The van der Waals surface area contributed by atoms with Crippen LogP contribution in [-0.4, -0.2) is 7.25 Å². The lowest BCUT2D eigenvalue weighted by atomic mass is 9.77. The molecule has 1 heterocycles. The lowest BCUT2D eigenvalue weighted by Crippen LogP contribution is -2.41. The molecular weight excluding hydrogens is 509 g/mol. The number of aryl methyl sites for hydroxylation is 3. The van der Waals surface area contributed by atoms with Gasteiger partial charge in [-0.15, -0.1) is 0 Å². The zero-order chi connectivity index (χ0) is 27.9. The highest BCUT2D eigenvalue weighted by molar-refractivity contribution is 6.50. The molecule has 40 heavy (non-hydrogen) atoms. The molecule has 0 bridgehead atoms. The Kier molecular flexibility index (Phi) is 6.79. The van der Waals surface area contributed by atoms with Crippen LogP contribution < -0.4 is 4.57 Å². The van der Waals surface area contributed by atoms with Crippen molar-refractivity contribution in [2.45, 2.75) is 32.6 Å². The van der Waals surface area contributed by atoms with Crippen molar-refractivity contribution in [3.8, 4) is 39.3 Å². The predicted molar refractivity (Wildman–Crippen MR) is 154 cm³/mol. The molecule has 6 heteroatoms. The lowest BCUT2D eigenvalue weighted by molar-refractivity contribution is -0.573. The van der Waals surface area contributed by atoms with Gasteiger partial charge in [-0.05, 0) is 61.4 Å². The van der Waals surface area contributed by atoms with Crippen molar-refractivity contribution in [2.24, 2.45) is 0 Å². The summed E-state index contributed by atoms with van der Waals surface area (Å²) in [5.41, 5.74) is 16.7. The number of rotatable bonds is 2. The summed E-state index contributed by atoms with van der Waals surface area (Å²) in [6.45, 7) is 2.17. The van der Waals surface area contributed by atoms with Gasteiger partial charge in [0.2, 0.25) is 17.1 Å². The molecule has 0 unspecified atom stereocenters. The molecule has 0 atom stereocenters. The topological polar surface area (TPSA) is 3.88 Å². The standard InChI is InChI=1S/C34H28N.BF4/c1-23-15-19-27(20-16-23)35-33-28-13-7-5-9-24(28)17-21-30(33)32(26-11-3-2-4-12-26)31-22-18-25-10-6-8-14-29(25)34(31)35;2-1(3,4)5/h2-16,19-20H,17-18,21-22H2,1H3;/q+1;-1. The number of hydrogen-bond donors (Lipinski definition) is 0. The monoisotopic (exact) mass is 537 g/mol. The molecule has 0 N–H and O–H groups in total. The minimum atomic E-state index is -6.00. The van der Waals surface area contributed by atoms with Gasteiger partial charge in [0, 0.05) is 28.8 Å².